The molecule has 0 aromatic heterocycles. The van der Waals surface area contributed by atoms with Gasteiger partial charge in [-0.2, -0.15) is 0 Å². The van der Waals surface area contributed by atoms with Crippen LogP contribution >= 0.6 is 0 Å². The summed E-state index contributed by atoms with van der Waals surface area (Å²) < 4.78 is 16.9. The first-order chi connectivity index (χ1) is 12.0. The minimum absolute atomic E-state index is 0.152. The third-order valence-corrected chi connectivity index (χ3v) is 3.92. The Kier molecular flexibility index (Phi) is 6.50. The van der Waals surface area contributed by atoms with Gasteiger partial charge in [0, 0.05) is 18.7 Å². The van der Waals surface area contributed by atoms with Gasteiger partial charge >= 0.3 is 0 Å². The summed E-state index contributed by atoms with van der Waals surface area (Å²) in [5, 5.41) is 2.76. The van der Waals surface area contributed by atoms with E-state index < -0.39 is 6.04 Å². The maximum atomic E-state index is 12.9. The molecule has 25 heavy (non-hydrogen) atoms. The van der Waals surface area contributed by atoms with Gasteiger partial charge in [0.2, 0.25) is 11.7 Å². The van der Waals surface area contributed by atoms with E-state index in [9.17, 15) is 9.59 Å². The number of rotatable bonds is 7. The molecule has 2 rings (SSSR count). The van der Waals surface area contributed by atoms with E-state index in [4.69, 9.17) is 14.2 Å². The van der Waals surface area contributed by atoms with Crippen molar-refractivity contribution in [3.63, 3.8) is 0 Å². The Balaban J connectivity index is 2.42. The van der Waals surface area contributed by atoms with Crippen LogP contribution in [0.2, 0.25) is 0 Å². The second-order valence-electron chi connectivity index (χ2n) is 5.57. The van der Waals surface area contributed by atoms with E-state index in [1.165, 1.54) is 0 Å². The summed E-state index contributed by atoms with van der Waals surface area (Å²) in [5.74, 6) is 1.04. The van der Waals surface area contributed by atoms with Crippen molar-refractivity contribution < 1.29 is 23.8 Å². The Hall–Kier alpha value is -2.44. The minimum atomic E-state index is -0.515. The van der Waals surface area contributed by atoms with Gasteiger partial charge in [0.25, 0.3) is 5.91 Å². The van der Waals surface area contributed by atoms with Crippen LogP contribution in [0.4, 0.5) is 0 Å². The molecule has 1 N–H and O–H groups in total. The molecular formula is C18H26N2O5. The number of ether oxygens (including phenoxy) is 3. The third kappa shape index (κ3) is 4.15. The van der Waals surface area contributed by atoms with Crippen molar-refractivity contribution >= 4 is 11.8 Å². The predicted octanol–water partition coefficient (Wildman–Crippen LogP) is 1.84. The molecule has 0 aliphatic carbocycles. The van der Waals surface area contributed by atoms with Crippen LogP contribution < -0.4 is 19.5 Å². The van der Waals surface area contributed by atoms with Crippen LogP contribution in [0, 0.1) is 0 Å². The van der Waals surface area contributed by atoms with E-state index in [1.807, 2.05) is 20.8 Å². The first-order valence-corrected chi connectivity index (χ1v) is 8.68. The van der Waals surface area contributed by atoms with Gasteiger partial charge < -0.3 is 24.4 Å². The molecule has 1 aliphatic heterocycles. The number of carbonyl (C=O) groups is 2. The molecule has 1 fully saturated rings. The molecular weight excluding hydrogens is 324 g/mol. The van der Waals surface area contributed by atoms with E-state index in [-0.39, 0.29) is 11.8 Å². The Morgan fingerprint density at radius 1 is 1.12 bits per heavy atom. The highest BCUT2D eigenvalue weighted by atomic mass is 16.5. The molecule has 7 heteroatoms. The number of hydrogen-bond acceptors (Lipinski definition) is 5. The van der Waals surface area contributed by atoms with Gasteiger partial charge in [-0.15, -0.1) is 0 Å². The average Bonchev–Trinajstić information content (AvgIpc) is 2.59. The minimum Gasteiger partial charge on any atom is -0.490 e. The normalized spacial score (nSPS) is 17.0. The summed E-state index contributed by atoms with van der Waals surface area (Å²) in [4.78, 5) is 26.3. The number of nitrogens with zero attached hydrogens (tertiary/aromatic N) is 1. The van der Waals surface area contributed by atoms with Gasteiger partial charge in [-0.3, -0.25) is 9.59 Å². The van der Waals surface area contributed by atoms with Crippen LogP contribution in [0.15, 0.2) is 12.1 Å². The molecule has 2 amide bonds. The monoisotopic (exact) mass is 350 g/mol. The second kappa shape index (κ2) is 8.60. The Labute approximate surface area is 148 Å². The number of carbonyl (C=O) groups excluding carboxylic acids is 2. The van der Waals surface area contributed by atoms with Gasteiger partial charge in [-0.25, -0.2) is 0 Å². The molecule has 0 unspecified atom stereocenters. The molecule has 0 bridgehead atoms. The lowest BCUT2D eigenvalue weighted by atomic mass is 10.1. The smallest absolute Gasteiger partial charge is 0.254 e. The number of nitrogens with one attached hydrogen (secondary N) is 1. The lowest BCUT2D eigenvalue weighted by Gasteiger charge is -2.33. The molecule has 0 radical (unpaired) electrons. The fourth-order valence-corrected chi connectivity index (χ4v) is 2.74. The van der Waals surface area contributed by atoms with Gasteiger partial charge in [0.15, 0.2) is 11.5 Å². The molecule has 1 aromatic rings. The van der Waals surface area contributed by atoms with Crippen molar-refractivity contribution in [2.75, 3.05) is 32.9 Å². The van der Waals surface area contributed by atoms with E-state index in [0.29, 0.717) is 55.7 Å². The molecule has 138 valence electrons. The Morgan fingerprint density at radius 2 is 1.68 bits per heavy atom. The standard InChI is InChI=1S/C18H26N2O5/c1-5-23-14-10-13(11-15(24-6-2)16(14)25-7-3)18(22)20-9-8-19-17(21)12(20)4/h10-12H,5-9H2,1-4H3,(H,19,21)/t12-/m1/s1. The van der Waals surface area contributed by atoms with Crippen molar-refractivity contribution in [1.29, 1.82) is 0 Å². The van der Waals surface area contributed by atoms with Crippen molar-refractivity contribution in [1.82, 2.24) is 10.2 Å². The van der Waals surface area contributed by atoms with Gasteiger partial charge in [-0.05, 0) is 39.8 Å². The van der Waals surface area contributed by atoms with Crippen molar-refractivity contribution in [3.05, 3.63) is 17.7 Å². The maximum Gasteiger partial charge on any atom is 0.254 e. The molecule has 1 aliphatic rings. The highest BCUT2D eigenvalue weighted by Crippen LogP contribution is 2.39. The predicted molar refractivity (Wildman–Crippen MR) is 93.5 cm³/mol. The first-order valence-electron chi connectivity index (χ1n) is 8.68. The van der Waals surface area contributed by atoms with E-state index in [0.717, 1.165) is 0 Å². The number of hydrogen-bond donors (Lipinski definition) is 1. The molecule has 1 aromatic carbocycles. The SMILES string of the molecule is CCOc1cc(C(=O)N2CCNC(=O)[C@H]2C)cc(OCC)c1OCC. The summed E-state index contributed by atoms with van der Waals surface area (Å²) in [7, 11) is 0. The largest absolute Gasteiger partial charge is 0.490 e. The summed E-state index contributed by atoms with van der Waals surface area (Å²) in [6, 6.07) is 2.79. The van der Waals surface area contributed by atoms with Crippen LogP contribution in [0.1, 0.15) is 38.1 Å². The molecule has 1 atom stereocenters. The van der Waals surface area contributed by atoms with E-state index in [2.05, 4.69) is 5.32 Å². The fraction of sp³-hybridized carbons (Fsp3) is 0.556. The summed E-state index contributed by atoms with van der Waals surface area (Å²) in [6.07, 6.45) is 0. The second-order valence-corrected chi connectivity index (χ2v) is 5.57. The Morgan fingerprint density at radius 3 is 2.20 bits per heavy atom. The molecule has 1 saturated heterocycles. The number of amides is 2. The molecule has 0 spiro atoms. The summed E-state index contributed by atoms with van der Waals surface area (Å²) in [5.41, 5.74) is 0.414. The number of piperazine rings is 1. The highest BCUT2D eigenvalue weighted by Gasteiger charge is 2.31. The zero-order valence-electron chi connectivity index (χ0n) is 15.3. The maximum absolute atomic E-state index is 12.9. The average molecular weight is 350 g/mol. The zero-order valence-corrected chi connectivity index (χ0v) is 15.3. The lowest BCUT2D eigenvalue weighted by molar-refractivity contribution is -0.127. The van der Waals surface area contributed by atoms with Gasteiger partial charge in [0.05, 0.1) is 19.8 Å². The molecule has 1 heterocycles. The lowest BCUT2D eigenvalue weighted by Crippen LogP contribution is -2.55. The quantitative estimate of drug-likeness (QED) is 0.812. The topological polar surface area (TPSA) is 77.1 Å². The molecule has 0 saturated carbocycles. The van der Waals surface area contributed by atoms with Gasteiger partial charge in [0.1, 0.15) is 6.04 Å². The number of benzene rings is 1. The third-order valence-electron chi connectivity index (χ3n) is 3.92. The Bertz CT molecular complexity index is 605. The summed E-state index contributed by atoms with van der Waals surface area (Å²) in [6.45, 7) is 9.56. The summed E-state index contributed by atoms with van der Waals surface area (Å²) >= 11 is 0. The van der Waals surface area contributed by atoms with Crippen LogP contribution in [-0.4, -0.2) is 55.7 Å². The molecule has 7 nitrogen and oxygen atoms in total. The van der Waals surface area contributed by atoms with E-state index in [1.54, 1.807) is 24.0 Å². The highest BCUT2D eigenvalue weighted by molar-refractivity contribution is 5.99. The van der Waals surface area contributed by atoms with Crippen molar-refractivity contribution in [2.45, 2.75) is 33.7 Å². The van der Waals surface area contributed by atoms with Crippen LogP contribution in [0.5, 0.6) is 17.2 Å². The van der Waals surface area contributed by atoms with Crippen molar-refractivity contribution in [3.8, 4) is 17.2 Å². The van der Waals surface area contributed by atoms with Crippen LogP contribution in [0.25, 0.3) is 0 Å². The van der Waals surface area contributed by atoms with Gasteiger partial charge in [-0.1, -0.05) is 0 Å². The van der Waals surface area contributed by atoms with E-state index >= 15 is 0 Å². The first kappa shape index (κ1) is 18.9. The zero-order chi connectivity index (χ0) is 18.4. The van der Waals surface area contributed by atoms with Crippen molar-refractivity contribution in [2.24, 2.45) is 0 Å². The fourth-order valence-electron chi connectivity index (χ4n) is 2.74. The van der Waals surface area contributed by atoms with Crippen LogP contribution in [0.3, 0.4) is 0 Å². The van der Waals surface area contributed by atoms with Crippen LogP contribution in [-0.2, 0) is 4.79 Å².